The number of ether oxygens (including phenoxy) is 1. The van der Waals surface area contributed by atoms with Crippen LogP contribution in [0.5, 0.6) is 11.5 Å². The Morgan fingerprint density at radius 2 is 2.11 bits per heavy atom. The first kappa shape index (κ1) is 11.8. The van der Waals surface area contributed by atoms with Gasteiger partial charge in [0.2, 0.25) is 5.75 Å². The highest BCUT2D eigenvalue weighted by molar-refractivity contribution is 5.51. The minimum Gasteiger partial charge on any atom is -0.450 e. The van der Waals surface area contributed by atoms with Crippen molar-refractivity contribution in [2.75, 3.05) is 5.73 Å². The van der Waals surface area contributed by atoms with E-state index >= 15 is 0 Å². The average molecular weight is 245 g/mol. The van der Waals surface area contributed by atoms with Gasteiger partial charge >= 0.3 is 5.69 Å². The monoisotopic (exact) mass is 245 g/mol. The maximum absolute atomic E-state index is 10.8. The molecule has 1 aromatic carbocycles. The fourth-order valence-electron chi connectivity index (χ4n) is 1.50. The fourth-order valence-corrected chi connectivity index (χ4v) is 1.50. The SMILES string of the molecule is Cc1cc(N)ccc1Oc1ccncc1[N+](=O)[O-]. The van der Waals surface area contributed by atoms with Gasteiger partial charge < -0.3 is 10.5 Å². The summed E-state index contributed by atoms with van der Waals surface area (Å²) in [5, 5.41) is 10.8. The third-order valence-electron chi connectivity index (χ3n) is 2.38. The zero-order chi connectivity index (χ0) is 13.1. The number of benzene rings is 1. The number of nitrogen functional groups attached to an aromatic ring is 1. The Balaban J connectivity index is 2.37. The highest BCUT2D eigenvalue weighted by atomic mass is 16.6. The van der Waals surface area contributed by atoms with E-state index in [0.29, 0.717) is 11.4 Å². The Bertz CT molecular complexity index is 599. The smallest absolute Gasteiger partial charge is 0.329 e. The first-order valence-corrected chi connectivity index (χ1v) is 5.20. The van der Waals surface area contributed by atoms with Gasteiger partial charge in [-0.3, -0.25) is 15.1 Å². The second-order valence-corrected chi connectivity index (χ2v) is 3.73. The van der Waals surface area contributed by atoms with E-state index < -0.39 is 4.92 Å². The number of nitro groups is 1. The van der Waals surface area contributed by atoms with E-state index in [0.717, 1.165) is 11.8 Å². The van der Waals surface area contributed by atoms with E-state index in [1.807, 2.05) is 6.92 Å². The van der Waals surface area contributed by atoms with Gasteiger partial charge in [-0.2, -0.15) is 0 Å². The van der Waals surface area contributed by atoms with Crippen LogP contribution < -0.4 is 10.5 Å². The third-order valence-corrected chi connectivity index (χ3v) is 2.38. The second kappa shape index (κ2) is 4.70. The molecular weight excluding hydrogens is 234 g/mol. The number of aromatic nitrogens is 1. The van der Waals surface area contributed by atoms with Crippen LogP contribution in [-0.2, 0) is 0 Å². The number of nitrogens with two attached hydrogens (primary N) is 1. The van der Waals surface area contributed by atoms with Crippen LogP contribution in [0.4, 0.5) is 11.4 Å². The Labute approximate surface area is 103 Å². The van der Waals surface area contributed by atoms with E-state index in [1.165, 1.54) is 12.3 Å². The van der Waals surface area contributed by atoms with Crippen molar-refractivity contribution in [2.24, 2.45) is 0 Å². The predicted molar refractivity (Wildman–Crippen MR) is 66.6 cm³/mol. The maximum Gasteiger partial charge on any atom is 0.329 e. The molecule has 0 radical (unpaired) electrons. The van der Waals surface area contributed by atoms with Crippen LogP contribution in [0.15, 0.2) is 36.7 Å². The molecule has 0 aliphatic heterocycles. The minimum atomic E-state index is -0.533. The molecule has 6 heteroatoms. The summed E-state index contributed by atoms with van der Waals surface area (Å²) in [4.78, 5) is 14.0. The maximum atomic E-state index is 10.8. The van der Waals surface area contributed by atoms with Crippen LogP contribution in [0.1, 0.15) is 5.56 Å². The standard InChI is InChI=1S/C12H11N3O3/c1-8-6-9(13)2-3-11(8)18-12-4-5-14-7-10(12)15(16)17/h2-7H,13H2,1H3. The van der Waals surface area contributed by atoms with Gasteiger partial charge in [0, 0.05) is 18.0 Å². The summed E-state index contributed by atoms with van der Waals surface area (Å²) in [6.07, 6.45) is 2.59. The number of rotatable bonds is 3. The van der Waals surface area contributed by atoms with Gasteiger partial charge in [-0.15, -0.1) is 0 Å². The Morgan fingerprint density at radius 1 is 1.33 bits per heavy atom. The van der Waals surface area contributed by atoms with E-state index in [2.05, 4.69) is 4.98 Å². The molecule has 0 saturated heterocycles. The van der Waals surface area contributed by atoms with Crippen molar-refractivity contribution in [2.45, 2.75) is 6.92 Å². The minimum absolute atomic E-state index is 0.155. The molecule has 0 aliphatic rings. The normalized spacial score (nSPS) is 10.1. The lowest BCUT2D eigenvalue weighted by atomic mass is 10.2. The lowest BCUT2D eigenvalue weighted by molar-refractivity contribution is -0.386. The van der Waals surface area contributed by atoms with Gasteiger partial charge in [-0.05, 0) is 30.7 Å². The lowest BCUT2D eigenvalue weighted by Gasteiger charge is -2.08. The largest absolute Gasteiger partial charge is 0.450 e. The van der Waals surface area contributed by atoms with Crippen molar-refractivity contribution < 1.29 is 9.66 Å². The van der Waals surface area contributed by atoms with Crippen LogP contribution in [0, 0.1) is 17.0 Å². The first-order chi connectivity index (χ1) is 8.58. The summed E-state index contributed by atoms with van der Waals surface area (Å²) in [5.74, 6) is 0.682. The number of anilines is 1. The Hall–Kier alpha value is -2.63. The summed E-state index contributed by atoms with van der Waals surface area (Å²) in [6.45, 7) is 1.82. The van der Waals surface area contributed by atoms with Crippen LogP contribution in [0.2, 0.25) is 0 Å². The number of hydrogen-bond donors (Lipinski definition) is 1. The topological polar surface area (TPSA) is 91.3 Å². The average Bonchev–Trinajstić information content (AvgIpc) is 2.33. The molecule has 92 valence electrons. The zero-order valence-corrected chi connectivity index (χ0v) is 9.66. The van der Waals surface area contributed by atoms with Crippen LogP contribution in [0.3, 0.4) is 0 Å². The van der Waals surface area contributed by atoms with Crippen LogP contribution in [0.25, 0.3) is 0 Å². The van der Waals surface area contributed by atoms with Crippen LogP contribution in [-0.4, -0.2) is 9.91 Å². The number of pyridine rings is 1. The molecule has 2 rings (SSSR count). The Morgan fingerprint density at radius 3 is 2.78 bits per heavy atom. The highest BCUT2D eigenvalue weighted by Gasteiger charge is 2.16. The summed E-state index contributed by atoms with van der Waals surface area (Å²) in [6, 6.07) is 6.54. The molecule has 2 aromatic rings. The molecule has 0 unspecified atom stereocenters. The molecular formula is C12H11N3O3. The highest BCUT2D eigenvalue weighted by Crippen LogP contribution is 2.32. The van der Waals surface area contributed by atoms with Gasteiger partial charge in [0.25, 0.3) is 0 Å². The predicted octanol–water partition coefficient (Wildman–Crippen LogP) is 2.67. The van der Waals surface area contributed by atoms with E-state index in [9.17, 15) is 10.1 Å². The molecule has 2 N–H and O–H groups in total. The van der Waals surface area contributed by atoms with Gasteiger partial charge in [0.05, 0.1) is 4.92 Å². The summed E-state index contributed by atoms with van der Waals surface area (Å²) in [5.41, 5.74) is 6.87. The van der Waals surface area contributed by atoms with Crippen molar-refractivity contribution in [1.29, 1.82) is 0 Å². The van der Waals surface area contributed by atoms with Crippen LogP contribution >= 0.6 is 0 Å². The Kier molecular flexibility index (Phi) is 3.09. The quantitative estimate of drug-likeness (QED) is 0.510. The molecule has 6 nitrogen and oxygen atoms in total. The molecule has 0 amide bonds. The molecule has 0 atom stereocenters. The summed E-state index contributed by atoms with van der Waals surface area (Å²) < 4.78 is 5.52. The summed E-state index contributed by atoms with van der Waals surface area (Å²) >= 11 is 0. The first-order valence-electron chi connectivity index (χ1n) is 5.20. The molecule has 0 saturated carbocycles. The van der Waals surface area contributed by atoms with Crippen molar-refractivity contribution in [3.05, 3.63) is 52.3 Å². The van der Waals surface area contributed by atoms with E-state index in [4.69, 9.17) is 10.5 Å². The van der Waals surface area contributed by atoms with Crippen molar-refractivity contribution in [1.82, 2.24) is 4.98 Å². The molecule has 18 heavy (non-hydrogen) atoms. The number of nitrogens with zero attached hydrogens (tertiary/aromatic N) is 2. The van der Waals surface area contributed by atoms with Gasteiger partial charge in [-0.25, -0.2) is 0 Å². The molecule has 1 heterocycles. The van der Waals surface area contributed by atoms with E-state index in [1.54, 1.807) is 18.2 Å². The second-order valence-electron chi connectivity index (χ2n) is 3.73. The van der Waals surface area contributed by atoms with Gasteiger partial charge in [0.15, 0.2) is 0 Å². The molecule has 0 spiro atoms. The summed E-state index contributed by atoms with van der Waals surface area (Å²) in [7, 11) is 0. The number of aryl methyl sites for hydroxylation is 1. The van der Waals surface area contributed by atoms with Crippen molar-refractivity contribution in [3.8, 4) is 11.5 Å². The van der Waals surface area contributed by atoms with Crippen molar-refractivity contribution in [3.63, 3.8) is 0 Å². The molecule has 0 fully saturated rings. The van der Waals surface area contributed by atoms with E-state index in [-0.39, 0.29) is 11.4 Å². The molecule has 1 aromatic heterocycles. The van der Waals surface area contributed by atoms with Gasteiger partial charge in [-0.1, -0.05) is 0 Å². The third kappa shape index (κ3) is 2.37. The molecule has 0 bridgehead atoms. The molecule has 0 aliphatic carbocycles. The van der Waals surface area contributed by atoms with Crippen molar-refractivity contribution >= 4 is 11.4 Å². The van der Waals surface area contributed by atoms with Gasteiger partial charge in [0.1, 0.15) is 11.9 Å². The fraction of sp³-hybridized carbons (Fsp3) is 0.0833. The lowest BCUT2D eigenvalue weighted by Crippen LogP contribution is -1.95. The zero-order valence-electron chi connectivity index (χ0n) is 9.66. The number of hydrogen-bond acceptors (Lipinski definition) is 5.